The van der Waals surface area contributed by atoms with E-state index < -0.39 is 17.7 Å². The second-order valence-corrected chi connectivity index (χ2v) is 6.77. The number of amides is 1. The normalized spacial score (nSPS) is 11.8. The maximum Gasteiger partial charge on any atom is 0.224 e. The Morgan fingerprint density at radius 1 is 1.14 bits per heavy atom. The molecule has 1 atom stereocenters. The zero-order chi connectivity index (χ0) is 20.7. The minimum absolute atomic E-state index is 0.0195. The van der Waals surface area contributed by atoms with Crippen LogP contribution in [-0.2, 0) is 11.2 Å². The van der Waals surface area contributed by atoms with E-state index in [2.05, 4.69) is 21.2 Å². The summed E-state index contributed by atoms with van der Waals surface area (Å²) in [5.41, 5.74) is 0.592. The number of hydrogen-bond donors (Lipinski definition) is 2. The minimum Gasteiger partial charge on any atom is -0.490 e. The molecule has 0 aliphatic carbocycles. The van der Waals surface area contributed by atoms with Crippen molar-refractivity contribution in [2.45, 2.75) is 26.4 Å². The van der Waals surface area contributed by atoms with Crippen LogP contribution in [0.25, 0.3) is 0 Å². The Bertz CT molecular complexity index is 832. The zero-order valence-corrected chi connectivity index (χ0v) is 17.2. The van der Waals surface area contributed by atoms with E-state index in [0.29, 0.717) is 40.8 Å². The Labute approximate surface area is 170 Å². The summed E-state index contributed by atoms with van der Waals surface area (Å²) in [4.78, 5) is 12.3. The number of rotatable bonds is 9. The third-order valence-electron chi connectivity index (χ3n) is 3.88. The SMILES string of the molecule is CCOc1cc(Br)c(CC(=O)NCC(O)c2ccc(F)cc2F)cc1OCC. The summed E-state index contributed by atoms with van der Waals surface area (Å²) in [5, 5.41) is 12.6. The predicted molar refractivity (Wildman–Crippen MR) is 105 cm³/mol. The van der Waals surface area contributed by atoms with E-state index in [1.165, 1.54) is 0 Å². The first-order valence-electron chi connectivity index (χ1n) is 8.83. The summed E-state index contributed by atoms with van der Waals surface area (Å²) in [6.07, 6.45) is -1.27. The molecule has 0 bridgehead atoms. The van der Waals surface area contributed by atoms with E-state index in [4.69, 9.17) is 9.47 Å². The molecule has 152 valence electrons. The van der Waals surface area contributed by atoms with Gasteiger partial charge < -0.3 is 19.9 Å². The molecule has 28 heavy (non-hydrogen) atoms. The van der Waals surface area contributed by atoms with Crippen molar-refractivity contribution in [3.05, 3.63) is 57.6 Å². The van der Waals surface area contributed by atoms with Gasteiger partial charge >= 0.3 is 0 Å². The molecule has 2 aromatic carbocycles. The molecule has 0 saturated heterocycles. The number of ether oxygens (including phenoxy) is 2. The lowest BCUT2D eigenvalue weighted by Gasteiger charge is -2.15. The monoisotopic (exact) mass is 457 g/mol. The fraction of sp³-hybridized carbons (Fsp3) is 0.350. The van der Waals surface area contributed by atoms with Gasteiger partial charge in [-0.1, -0.05) is 22.0 Å². The molecule has 0 spiro atoms. The van der Waals surface area contributed by atoms with Gasteiger partial charge in [0.05, 0.1) is 25.7 Å². The van der Waals surface area contributed by atoms with E-state index in [1.807, 2.05) is 13.8 Å². The summed E-state index contributed by atoms with van der Waals surface area (Å²) in [6, 6.07) is 6.34. The highest BCUT2D eigenvalue weighted by molar-refractivity contribution is 9.10. The van der Waals surface area contributed by atoms with Crippen molar-refractivity contribution in [3.8, 4) is 11.5 Å². The fourth-order valence-corrected chi connectivity index (χ4v) is 3.04. The van der Waals surface area contributed by atoms with Gasteiger partial charge in [0, 0.05) is 22.6 Å². The lowest BCUT2D eigenvalue weighted by atomic mass is 10.1. The van der Waals surface area contributed by atoms with Gasteiger partial charge in [0.25, 0.3) is 0 Å². The van der Waals surface area contributed by atoms with Gasteiger partial charge in [0.15, 0.2) is 11.5 Å². The molecule has 8 heteroatoms. The van der Waals surface area contributed by atoms with Crippen LogP contribution in [0.15, 0.2) is 34.8 Å². The molecule has 0 aromatic heterocycles. The lowest BCUT2D eigenvalue weighted by molar-refractivity contribution is -0.120. The van der Waals surface area contributed by atoms with E-state index in [0.717, 1.165) is 12.1 Å². The van der Waals surface area contributed by atoms with Crippen LogP contribution in [0.3, 0.4) is 0 Å². The summed E-state index contributed by atoms with van der Waals surface area (Å²) in [7, 11) is 0. The predicted octanol–water partition coefficient (Wildman–Crippen LogP) is 3.92. The van der Waals surface area contributed by atoms with Gasteiger partial charge in [-0.3, -0.25) is 4.79 Å². The third kappa shape index (κ3) is 5.90. The molecule has 0 saturated carbocycles. The van der Waals surface area contributed by atoms with Gasteiger partial charge in [-0.2, -0.15) is 0 Å². The number of carbonyl (C=O) groups excluding carboxylic acids is 1. The van der Waals surface area contributed by atoms with Crippen molar-refractivity contribution in [3.63, 3.8) is 0 Å². The lowest BCUT2D eigenvalue weighted by Crippen LogP contribution is -2.30. The van der Waals surface area contributed by atoms with E-state index >= 15 is 0 Å². The van der Waals surface area contributed by atoms with Crippen LogP contribution >= 0.6 is 15.9 Å². The molecule has 1 amide bonds. The largest absolute Gasteiger partial charge is 0.490 e. The molecular formula is C20H22BrF2NO4. The number of halogens is 3. The second-order valence-electron chi connectivity index (χ2n) is 5.92. The maximum absolute atomic E-state index is 13.7. The van der Waals surface area contributed by atoms with Gasteiger partial charge in [0.1, 0.15) is 11.6 Å². The highest BCUT2D eigenvalue weighted by atomic mass is 79.9. The zero-order valence-electron chi connectivity index (χ0n) is 15.6. The van der Waals surface area contributed by atoms with Crippen molar-refractivity contribution in [1.29, 1.82) is 0 Å². The van der Waals surface area contributed by atoms with Crippen LogP contribution < -0.4 is 14.8 Å². The van der Waals surface area contributed by atoms with Gasteiger partial charge in [-0.25, -0.2) is 8.78 Å². The third-order valence-corrected chi connectivity index (χ3v) is 4.62. The maximum atomic E-state index is 13.7. The van der Waals surface area contributed by atoms with Gasteiger partial charge in [-0.15, -0.1) is 0 Å². The molecular weight excluding hydrogens is 436 g/mol. The number of nitrogens with one attached hydrogen (secondary N) is 1. The summed E-state index contributed by atoms with van der Waals surface area (Å²) in [6.45, 7) is 4.43. The molecule has 1 unspecified atom stereocenters. The van der Waals surface area contributed by atoms with Crippen molar-refractivity contribution in [2.75, 3.05) is 19.8 Å². The van der Waals surface area contributed by atoms with Crippen LogP contribution in [-0.4, -0.2) is 30.8 Å². The molecule has 5 nitrogen and oxygen atoms in total. The van der Waals surface area contributed by atoms with Crippen LogP contribution in [0.1, 0.15) is 31.1 Å². The van der Waals surface area contributed by atoms with E-state index in [-0.39, 0.29) is 24.4 Å². The van der Waals surface area contributed by atoms with Gasteiger partial charge in [0.2, 0.25) is 5.91 Å². The first kappa shape index (κ1) is 22.1. The molecule has 0 heterocycles. The van der Waals surface area contributed by atoms with Crippen LogP contribution in [0.4, 0.5) is 8.78 Å². The Balaban J connectivity index is 2.03. The number of aliphatic hydroxyl groups excluding tert-OH is 1. The Morgan fingerprint density at radius 2 is 1.79 bits per heavy atom. The molecule has 0 radical (unpaired) electrons. The molecule has 2 aromatic rings. The highest BCUT2D eigenvalue weighted by Gasteiger charge is 2.17. The summed E-state index contributed by atoms with van der Waals surface area (Å²) < 4.78 is 38.4. The van der Waals surface area contributed by atoms with Gasteiger partial charge in [-0.05, 0) is 37.6 Å². The molecule has 2 N–H and O–H groups in total. The Hall–Kier alpha value is -2.19. The number of carbonyl (C=O) groups is 1. The summed E-state index contributed by atoms with van der Waals surface area (Å²) >= 11 is 3.41. The minimum atomic E-state index is -1.28. The van der Waals surface area contributed by atoms with Crippen molar-refractivity contribution < 1.29 is 28.2 Å². The van der Waals surface area contributed by atoms with E-state index in [9.17, 15) is 18.7 Å². The highest BCUT2D eigenvalue weighted by Crippen LogP contribution is 2.34. The standard InChI is InChI=1S/C20H22BrF2NO4/c1-3-27-18-7-12(15(21)10-19(18)28-4-2)8-20(26)24-11-17(25)14-6-5-13(22)9-16(14)23/h5-7,9-10,17,25H,3-4,8,11H2,1-2H3,(H,24,26). The first-order chi connectivity index (χ1) is 13.3. The number of aliphatic hydroxyl groups is 1. The van der Waals surface area contributed by atoms with Crippen LogP contribution in [0, 0.1) is 11.6 Å². The fourth-order valence-electron chi connectivity index (χ4n) is 2.58. The van der Waals surface area contributed by atoms with Crippen molar-refractivity contribution in [1.82, 2.24) is 5.32 Å². The number of hydrogen-bond acceptors (Lipinski definition) is 4. The topological polar surface area (TPSA) is 67.8 Å². The first-order valence-corrected chi connectivity index (χ1v) is 9.62. The Morgan fingerprint density at radius 3 is 2.39 bits per heavy atom. The summed E-state index contributed by atoms with van der Waals surface area (Å²) in [5.74, 6) is -0.861. The second kappa shape index (κ2) is 10.4. The average Bonchev–Trinajstić information content (AvgIpc) is 2.63. The molecule has 2 rings (SSSR count). The molecule has 0 fully saturated rings. The van der Waals surface area contributed by atoms with Crippen molar-refractivity contribution >= 4 is 21.8 Å². The smallest absolute Gasteiger partial charge is 0.224 e. The van der Waals surface area contributed by atoms with Crippen LogP contribution in [0.5, 0.6) is 11.5 Å². The van der Waals surface area contributed by atoms with Crippen molar-refractivity contribution in [2.24, 2.45) is 0 Å². The average molecular weight is 458 g/mol. The number of benzene rings is 2. The molecule has 0 aliphatic rings. The molecule has 0 aliphatic heterocycles. The van der Waals surface area contributed by atoms with E-state index in [1.54, 1.807) is 12.1 Å². The Kier molecular flexibility index (Phi) is 8.19. The quantitative estimate of drug-likeness (QED) is 0.598. The van der Waals surface area contributed by atoms with Crippen LogP contribution in [0.2, 0.25) is 0 Å².